The Kier molecular flexibility index (Phi) is 5.14. The maximum Gasteiger partial charge on any atom is 0.274 e. The molecule has 126 valence electrons. The fraction of sp³-hybridized carbons (Fsp3) is 0.400. The van der Waals surface area contributed by atoms with Crippen molar-refractivity contribution in [3.05, 3.63) is 53.3 Å². The molecule has 0 radical (unpaired) electrons. The van der Waals surface area contributed by atoms with Crippen LogP contribution in [0.1, 0.15) is 47.3 Å². The number of pyridine rings is 1. The largest absolute Gasteiger partial charge is 0.371 e. The lowest BCUT2D eigenvalue weighted by atomic mass is 10.1. The molecule has 0 saturated carbocycles. The number of hydrogen-bond acceptors (Lipinski definition) is 3. The summed E-state index contributed by atoms with van der Waals surface area (Å²) in [5.74, 6) is -0.152. The molecule has 0 atom stereocenters. The first-order valence-electron chi connectivity index (χ1n) is 8.74. The highest BCUT2D eigenvalue weighted by Gasteiger charge is 2.14. The minimum atomic E-state index is -0.152. The van der Waals surface area contributed by atoms with Crippen LogP contribution in [0.15, 0.2) is 36.5 Å². The van der Waals surface area contributed by atoms with Gasteiger partial charge in [-0.2, -0.15) is 0 Å². The minimum Gasteiger partial charge on any atom is -0.371 e. The molecule has 4 nitrogen and oxygen atoms in total. The van der Waals surface area contributed by atoms with Gasteiger partial charge in [0.15, 0.2) is 0 Å². The second kappa shape index (κ2) is 7.47. The quantitative estimate of drug-likeness (QED) is 0.914. The van der Waals surface area contributed by atoms with Crippen LogP contribution in [0.5, 0.6) is 0 Å². The zero-order valence-corrected chi connectivity index (χ0v) is 14.5. The van der Waals surface area contributed by atoms with E-state index in [2.05, 4.69) is 15.2 Å². The van der Waals surface area contributed by atoms with Gasteiger partial charge in [-0.15, -0.1) is 0 Å². The van der Waals surface area contributed by atoms with Crippen molar-refractivity contribution in [1.82, 2.24) is 4.98 Å². The summed E-state index contributed by atoms with van der Waals surface area (Å²) in [6.45, 7) is 6.18. The van der Waals surface area contributed by atoms with Crippen molar-refractivity contribution in [2.24, 2.45) is 0 Å². The molecule has 1 amide bonds. The number of carbonyl (C=O) groups excluding carboxylic acids is 1. The molecular weight excluding hydrogens is 298 g/mol. The predicted molar refractivity (Wildman–Crippen MR) is 98.8 cm³/mol. The summed E-state index contributed by atoms with van der Waals surface area (Å²) in [6, 6.07) is 9.84. The van der Waals surface area contributed by atoms with Gasteiger partial charge in [0.1, 0.15) is 5.69 Å². The smallest absolute Gasteiger partial charge is 0.274 e. The van der Waals surface area contributed by atoms with E-state index in [4.69, 9.17) is 0 Å². The maximum atomic E-state index is 12.6. The van der Waals surface area contributed by atoms with E-state index in [9.17, 15) is 4.79 Å². The normalized spacial score (nSPS) is 15.0. The molecule has 1 saturated heterocycles. The molecule has 24 heavy (non-hydrogen) atoms. The Morgan fingerprint density at radius 1 is 1.08 bits per heavy atom. The lowest BCUT2D eigenvalue weighted by Crippen LogP contribution is -2.24. The molecule has 1 aliphatic heterocycles. The van der Waals surface area contributed by atoms with Gasteiger partial charge >= 0.3 is 0 Å². The molecule has 2 heterocycles. The molecule has 1 aromatic heterocycles. The van der Waals surface area contributed by atoms with Crippen LogP contribution in [0.4, 0.5) is 11.4 Å². The van der Waals surface area contributed by atoms with Gasteiger partial charge < -0.3 is 10.2 Å². The summed E-state index contributed by atoms with van der Waals surface area (Å²) >= 11 is 0. The summed E-state index contributed by atoms with van der Waals surface area (Å²) in [6.07, 6.45) is 6.75. The molecule has 1 N–H and O–H groups in total. The standard InChI is InChI=1S/C20H25N3O/c1-15-8-7-9-18(16(15)2)22-20(24)19-14-17(10-11-21-19)23-12-5-3-4-6-13-23/h7-11,14H,3-6,12-13H2,1-2H3,(H,22,24). The van der Waals surface area contributed by atoms with Crippen LogP contribution in [0.2, 0.25) is 0 Å². The Labute approximate surface area is 143 Å². The Balaban J connectivity index is 1.77. The third-order valence-electron chi connectivity index (χ3n) is 4.80. The van der Waals surface area contributed by atoms with Gasteiger partial charge in [0.05, 0.1) is 0 Å². The number of anilines is 2. The average molecular weight is 323 g/mol. The minimum absolute atomic E-state index is 0.152. The Hall–Kier alpha value is -2.36. The summed E-state index contributed by atoms with van der Waals surface area (Å²) in [4.78, 5) is 19.2. The van der Waals surface area contributed by atoms with E-state index in [0.717, 1.165) is 30.0 Å². The van der Waals surface area contributed by atoms with E-state index < -0.39 is 0 Å². The van der Waals surface area contributed by atoms with Crippen molar-refractivity contribution < 1.29 is 4.79 Å². The summed E-state index contributed by atoms with van der Waals surface area (Å²) < 4.78 is 0. The van der Waals surface area contributed by atoms with E-state index in [1.165, 1.54) is 31.2 Å². The van der Waals surface area contributed by atoms with Crippen LogP contribution in [-0.2, 0) is 0 Å². The number of carbonyl (C=O) groups is 1. The number of aromatic nitrogens is 1. The van der Waals surface area contributed by atoms with Crippen LogP contribution in [0.3, 0.4) is 0 Å². The lowest BCUT2D eigenvalue weighted by molar-refractivity contribution is 0.102. The van der Waals surface area contributed by atoms with Gasteiger partial charge in [-0.05, 0) is 56.0 Å². The molecule has 0 unspecified atom stereocenters. The Bertz CT molecular complexity index is 719. The molecule has 0 bridgehead atoms. The van der Waals surface area contributed by atoms with Crippen LogP contribution < -0.4 is 10.2 Å². The van der Waals surface area contributed by atoms with E-state index in [1.807, 2.05) is 44.2 Å². The highest BCUT2D eigenvalue weighted by molar-refractivity contribution is 6.03. The highest BCUT2D eigenvalue weighted by Crippen LogP contribution is 2.21. The van der Waals surface area contributed by atoms with Crippen LogP contribution in [0.25, 0.3) is 0 Å². The maximum absolute atomic E-state index is 12.6. The summed E-state index contributed by atoms with van der Waals surface area (Å²) in [5.41, 5.74) is 4.67. The molecule has 0 spiro atoms. The molecule has 1 fully saturated rings. The molecular formula is C20H25N3O. The molecule has 4 heteroatoms. The topological polar surface area (TPSA) is 45.2 Å². The lowest BCUT2D eigenvalue weighted by Gasteiger charge is -2.22. The van der Waals surface area contributed by atoms with Gasteiger partial charge in [-0.1, -0.05) is 25.0 Å². The first-order chi connectivity index (χ1) is 11.6. The number of aryl methyl sites for hydroxylation is 1. The number of rotatable bonds is 3. The fourth-order valence-corrected chi connectivity index (χ4v) is 3.14. The number of nitrogens with one attached hydrogen (secondary N) is 1. The zero-order chi connectivity index (χ0) is 16.9. The number of amides is 1. The Morgan fingerprint density at radius 2 is 1.83 bits per heavy atom. The van der Waals surface area contributed by atoms with Crippen molar-refractivity contribution in [3.8, 4) is 0 Å². The first-order valence-corrected chi connectivity index (χ1v) is 8.74. The number of benzene rings is 1. The zero-order valence-electron chi connectivity index (χ0n) is 14.5. The fourth-order valence-electron chi connectivity index (χ4n) is 3.14. The first kappa shape index (κ1) is 16.5. The molecule has 1 aliphatic rings. The monoisotopic (exact) mass is 323 g/mol. The van der Waals surface area contributed by atoms with Crippen molar-refractivity contribution in [2.45, 2.75) is 39.5 Å². The summed E-state index contributed by atoms with van der Waals surface area (Å²) in [5, 5.41) is 2.99. The van der Waals surface area contributed by atoms with Gasteiger partial charge in [0.2, 0.25) is 0 Å². The van der Waals surface area contributed by atoms with Crippen molar-refractivity contribution >= 4 is 17.3 Å². The SMILES string of the molecule is Cc1cccc(NC(=O)c2cc(N3CCCCCC3)ccn2)c1C. The van der Waals surface area contributed by atoms with Crippen molar-refractivity contribution in [2.75, 3.05) is 23.3 Å². The van der Waals surface area contributed by atoms with Gasteiger partial charge in [0.25, 0.3) is 5.91 Å². The van der Waals surface area contributed by atoms with Crippen LogP contribution in [-0.4, -0.2) is 24.0 Å². The molecule has 0 aliphatic carbocycles. The van der Waals surface area contributed by atoms with Crippen molar-refractivity contribution in [1.29, 1.82) is 0 Å². The van der Waals surface area contributed by atoms with Gasteiger partial charge in [-0.25, -0.2) is 0 Å². The number of hydrogen-bond donors (Lipinski definition) is 1. The van der Waals surface area contributed by atoms with Gasteiger partial charge in [-0.3, -0.25) is 9.78 Å². The number of nitrogens with zero attached hydrogens (tertiary/aromatic N) is 2. The van der Waals surface area contributed by atoms with Crippen molar-refractivity contribution in [3.63, 3.8) is 0 Å². The molecule has 1 aromatic carbocycles. The van der Waals surface area contributed by atoms with Gasteiger partial charge in [0, 0.05) is 30.7 Å². The second-order valence-corrected chi connectivity index (χ2v) is 6.50. The van der Waals surface area contributed by atoms with E-state index in [0.29, 0.717) is 5.69 Å². The second-order valence-electron chi connectivity index (χ2n) is 6.50. The highest BCUT2D eigenvalue weighted by atomic mass is 16.1. The van der Waals surface area contributed by atoms with E-state index in [1.54, 1.807) is 6.20 Å². The third kappa shape index (κ3) is 3.75. The van der Waals surface area contributed by atoms with E-state index >= 15 is 0 Å². The third-order valence-corrected chi connectivity index (χ3v) is 4.80. The average Bonchev–Trinajstić information content (AvgIpc) is 2.88. The predicted octanol–water partition coefficient (Wildman–Crippen LogP) is 4.33. The molecule has 3 rings (SSSR count). The van der Waals surface area contributed by atoms with Crippen LogP contribution >= 0.6 is 0 Å². The molecule has 2 aromatic rings. The van der Waals surface area contributed by atoms with Crippen LogP contribution in [0, 0.1) is 13.8 Å². The Morgan fingerprint density at radius 3 is 2.58 bits per heavy atom. The summed E-state index contributed by atoms with van der Waals surface area (Å²) in [7, 11) is 0. The van der Waals surface area contributed by atoms with E-state index in [-0.39, 0.29) is 5.91 Å².